The van der Waals surface area contributed by atoms with Gasteiger partial charge in [0.05, 0.1) is 14.2 Å². The van der Waals surface area contributed by atoms with E-state index in [2.05, 4.69) is 0 Å². The third kappa shape index (κ3) is 3.59. The Balaban J connectivity index is 2.55. The van der Waals surface area contributed by atoms with Gasteiger partial charge in [0.15, 0.2) is 11.5 Å². The number of rotatable bonds is 5. The van der Waals surface area contributed by atoms with E-state index < -0.39 is 5.91 Å². The summed E-state index contributed by atoms with van der Waals surface area (Å²) >= 11 is 5.91. The molecule has 0 aliphatic carbocycles. The lowest BCUT2D eigenvalue weighted by Gasteiger charge is -2.12. The van der Waals surface area contributed by atoms with E-state index in [1.807, 2.05) is 18.2 Å². The molecule has 5 heteroatoms. The summed E-state index contributed by atoms with van der Waals surface area (Å²) in [5, 5.41) is 0.620. The van der Waals surface area contributed by atoms with Crippen LogP contribution in [-0.2, 0) is 4.79 Å². The quantitative estimate of drug-likeness (QED) is 0.861. The van der Waals surface area contributed by atoms with Crippen molar-refractivity contribution in [2.45, 2.75) is 0 Å². The summed E-state index contributed by atoms with van der Waals surface area (Å²) in [5.41, 5.74) is 7.63. The summed E-state index contributed by atoms with van der Waals surface area (Å²) in [7, 11) is 3.12. The van der Waals surface area contributed by atoms with E-state index in [9.17, 15) is 4.79 Å². The van der Waals surface area contributed by atoms with Crippen molar-refractivity contribution < 1.29 is 14.3 Å². The molecule has 0 fully saturated rings. The Morgan fingerprint density at radius 2 is 1.59 bits per heavy atom. The van der Waals surface area contributed by atoms with Gasteiger partial charge in [-0.1, -0.05) is 29.8 Å². The van der Waals surface area contributed by atoms with E-state index in [1.54, 1.807) is 38.5 Å². The van der Waals surface area contributed by atoms with Gasteiger partial charge in [-0.3, -0.25) is 4.79 Å². The highest BCUT2D eigenvalue weighted by Crippen LogP contribution is 2.33. The lowest BCUT2D eigenvalue weighted by molar-refractivity contribution is -0.113. The summed E-state index contributed by atoms with van der Waals surface area (Å²) in [6.45, 7) is 0. The van der Waals surface area contributed by atoms with E-state index in [0.717, 1.165) is 11.1 Å². The number of hydrogen-bond donors (Lipinski definition) is 1. The Bertz CT molecular complexity index is 708. The van der Waals surface area contributed by atoms with Crippen molar-refractivity contribution in [3.63, 3.8) is 0 Å². The van der Waals surface area contributed by atoms with Crippen LogP contribution in [0, 0.1) is 0 Å². The lowest BCUT2D eigenvalue weighted by Crippen LogP contribution is -2.07. The molecule has 2 aromatic carbocycles. The molecule has 1 amide bonds. The van der Waals surface area contributed by atoms with Crippen molar-refractivity contribution in [1.29, 1.82) is 0 Å². The van der Waals surface area contributed by atoms with Crippen molar-refractivity contribution in [2.75, 3.05) is 14.2 Å². The van der Waals surface area contributed by atoms with Crippen LogP contribution < -0.4 is 15.2 Å². The van der Waals surface area contributed by atoms with Gasteiger partial charge in [0, 0.05) is 11.1 Å². The number of carbonyl (C=O) groups is 1. The maximum Gasteiger partial charge on any atom is 0.242 e. The number of methoxy groups -OCH3 is 2. The van der Waals surface area contributed by atoms with Crippen LogP contribution in [0.3, 0.4) is 0 Å². The Morgan fingerprint density at radius 1 is 1.00 bits per heavy atom. The molecule has 0 atom stereocenters. The summed E-state index contributed by atoms with van der Waals surface area (Å²) in [4.78, 5) is 11.4. The van der Waals surface area contributed by atoms with Crippen LogP contribution >= 0.6 is 11.6 Å². The topological polar surface area (TPSA) is 61.5 Å². The van der Waals surface area contributed by atoms with Crippen molar-refractivity contribution in [2.24, 2.45) is 5.73 Å². The molecular formula is C17H16ClNO3. The number of nitrogens with two attached hydrogens (primary N) is 1. The van der Waals surface area contributed by atoms with Crippen LogP contribution in [0.4, 0.5) is 0 Å². The van der Waals surface area contributed by atoms with Gasteiger partial charge in [0.2, 0.25) is 5.91 Å². The molecule has 4 nitrogen and oxygen atoms in total. The third-order valence-electron chi connectivity index (χ3n) is 3.14. The fraction of sp³-hybridized carbons (Fsp3) is 0.118. The molecule has 0 aromatic heterocycles. The van der Waals surface area contributed by atoms with Crippen molar-refractivity contribution in [3.8, 4) is 11.5 Å². The summed E-state index contributed by atoms with van der Waals surface area (Å²) in [5.74, 6) is 0.657. The predicted molar refractivity (Wildman–Crippen MR) is 87.3 cm³/mol. The molecule has 0 saturated carbocycles. The van der Waals surface area contributed by atoms with E-state index in [4.69, 9.17) is 26.8 Å². The Kier molecular flexibility index (Phi) is 5.07. The predicted octanol–water partition coefficient (Wildman–Crippen LogP) is 3.27. The number of ether oxygens (including phenoxy) is 2. The highest BCUT2D eigenvalue weighted by Gasteiger charge is 2.11. The zero-order chi connectivity index (χ0) is 16.1. The smallest absolute Gasteiger partial charge is 0.242 e. The summed E-state index contributed by atoms with van der Waals surface area (Å²) < 4.78 is 10.5. The molecule has 0 spiro atoms. The maximum absolute atomic E-state index is 11.4. The van der Waals surface area contributed by atoms with Crippen molar-refractivity contribution >= 4 is 23.1 Å². The second kappa shape index (κ2) is 7.00. The molecule has 2 aromatic rings. The second-order valence-electron chi connectivity index (χ2n) is 4.54. The average molecular weight is 318 g/mol. The summed E-state index contributed by atoms with van der Waals surface area (Å²) in [6.07, 6.45) is 1.38. The minimum Gasteiger partial charge on any atom is -0.493 e. The molecule has 2 rings (SSSR count). The number of hydrogen-bond acceptors (Lipinski definition) is 3. The van der Waals surface area contributed by atoms with Gasteiger partial charge >= 0.3 is 0 Å². The van der Waals surface area contributed by atoms with Gasteiger partial charge in [-0.15, -0.1) is 0 Å². The van der Waals surface area contributed by atoms with Crippen LogP contribution in [-0.4, -0.2) is 20.1 Å². The molecule has 2 N–H and O–H groups in total. The average Bonchev–Trinajstić information content (AvgIpc) is 2.52. The number of carbonyl (C=O) groups excluding carboxylic acids is 1. The van der Waals surface area contributed by atoms with Crippen LogP contribution in [0.1, 0.15) is 11.1 Å². The van der Waals surface area contributed by atoms with E-state index in [1.165, 1.54) is 6.08 Å². The minimum atomic E-state index is -0.528. The first-order valence-corrected chi connectivity index (χ1v) is 6.92. The standard InChI is InChI=1S/C17H16ClNO3/c1-21-15-8-5-12(9-16(15)22-2)14(10-17(19)20)11-3-6-13(18)7-4-11/h3-10H,1-2H3,(H2,19,20)/b14-10-. The van der Waals surface area contributed by atoms with Crippen LogP contribution in [0.5, 0.6) is 11.5 Å². The first-order chi connectivity index (χ1) is 10.5. The van der Waals surface area contributed by atoms with Gasteiger partial charge in [-0.2, -0.15) is 0 Å². The number of halogens is 1. The van der Waals surface area contributed by atoms with E-state index in [0.29, 0.717) is 22.1 Å². The molecule has 114 valence electrons. The van der Waals surface area contributed by atoms with E-state index in [-0.39, 0.29) is 0 Å². The van der Waals surface area contributed by atoms with Gasteiger partial charge in [0.1, 0.15) is 0 Å². The normalized spacial score (nSPS) is 11.1. The zero-order valence-electron chi connectivity index (χ0n) is 12.3. The van der Waals surface area contributed by atoms with Crippen LogP contribution in [0.15, 0.2) is 48.5 Å². The van der Waals surface area contributed by atoms with Crippen molar-refractivity contribution in [1.82, 2.24) is 0 Å². The Hall–Kier alpha value is -2.46. The molecule has 0 unspecified atom stereocenters. The number of primary amides is 1. The van der Waals surface area contributed by atoms with Gasteiger partial charge in [-0.05, 0) is 41.0 Å². The Morgan fingerprint density at radius 3 is 2.14 bits per heavy atom. The third-order valence-corrected chi connectivity index (χ3v) is 3.39. The van der Waals surface area contributed by atoms with Crippen molar-refractivity contribution in [3.05, 3.63) is 64.7 Å². The highest BCUT2D eigenvalue weighted by atomic mass is 35.5. The van der Waals surface area contributed by atoms with Gasteiger partial charge < -0.3 is 15.2 Å². The van der Waals surface area contributed by atoms with Gasteiger partial charge in [-0.25, -0.2) is 0 Å². The maximum atomic E-state index is 11.4. The molecule has 0 saturated heterocycles. The van der Waals surface area contributed by atoms with Crippen LogP contribution in [0.2, 0.25) is 5.02 Å². The van der Waals surface area contributed by atoms with Gasteiger partial charge in [0.25, 0.3) is 0 Å². The lowest BCUT2D eigenvalue weighted by atomic mass is 9.97. The zero-order valence-corrected chi connectivity index (χ0v) is 13.1. The molecular weight excluding hydrogens is 302 g/mol. The van der Waals surface area contributed by atoms with E-state index >= 15 is 0 Å². The summed E-state index contributed by atoms with van der Waals surface area (Å²) in [6, 6.07) is 12.6. The molecule has 0 bridgehead atoms. The first kappa shape index (κ1) is 15.9. The minimum absolute atomic E-state index is 0.528. The first-order valence-electron chi connectivity index (χ1n) is 6.54. The van der Waals surface area contributed by atoms with Crippen LogP contribution in [0.25, 0.3) is 5.57 Å². The fourth-order valence-electron chi connectivity index (χ4n) is 2.11. The molecule has 0 aliphatic rings. The largest absolute Gasteiger partial charge is 0.493 e. The molecule has 0 radical (unpaired) electrons. The molecule has 0 aliphatic heterocycles. The second-order valence-corrected chi connectivity index (χ2v) is 4.97. The molecule has 22 heavy (non-hydrogen) atoms. The SMILES string of the molecule is COc1ccc(/C(=C\C(N)=O)c2ccc(Cl)cc2)cc1OC. The molecule has 0 heterocycles. The number of amides is 1. The number of benzene rings is 2. The Labute approximate surface area is 134 Å². The highest BCUT2D eigenvalue weighted by molar-refractivity contribution is 6.30. The fourth-order valence-corrected chi connectivity index (χ4v) is 2.23. The monoisotopic (exact) mass is 317 g/mol.